The number of rotatable bonds is 11. The Hall–Kier alpha value is -0.610. The maximum atomic E-state index is 2.53. The molecule has 0 unspecified atom stereocenters. The first kappa shape index (κ1) is 17.7. The van der Waals surface area contributed by atoms with Crippen LogP contribution in [0.1, 0.15) is 76.3 Å². The van der Waals surface area contributed by atoms with Crippen LogP contribution in [0.4, 0.5) is 0 Å². The Balaban J connectivity index is 1.89. The molecule has 0 aromatic heterocycles. The molecule has 122 valence electrons. The fourth-order valence-electron chi connectivity index (χ4n) is 3.32. The van der Waals surface area contributed by atoms with Gasteiger partial charge in [-0.15, -0.1) is 0 Å². The van der Waals surface area contributed by atoms with E-state index in [0.717, 1.165) is 0 Å². The summed E-state index contributed by atoms with van der Waals surface area (Å²) < 4.78 is 0. The molecule has 2 rings (SSSR count). The summed E-state index contributed by atoms with van der Waals surface area (Å²) in [6.45, 7) is 4.62. The largest absolute Gasteiger partial charge is 0.0794 e. The summed E-state index contributed by atoms with van der Waals surface area (Å²) >= 11 is 0. The lowest BCUT2D eigenvalue weighted by atomic mass is 10.1. The monoisotopic (exact) mass is 316 g/mol. The van der Waals surface area contributed by atoms with Crippen LogP contribution in [-0.4, -0.2) is 12.3 Å². The van der Waals surface area contributed by atoms with E-state index in [2.05, 4.69) is 44.2 Å². The van der Waals surface area contributed by atoms with Crippen molar-refractivity contribution < 1.29 is 0 Å². The molecule has 22 heavy (non-hydrogen) atoms. The van der Waals surface area contributed by atoms with Crippen LogP contribution in [-0.2, 0) is 6.42 Å². The van der Waals surface area contributed by atoms with Gasteiger partial charge in [-0.1, -0.05) is 90.6 Å². The lowest BCUT2D eigenvalue weighted by Crippen LogP contribution is -1.96. The van der Waals surface area contributed by atoms with Gasteiger partial charge in [0.05, 0.1) is 0 Å². The quantitative estimate of drug-likeness (QED) is 0.298. The molecule has 0 fully saturated rings. The molecule has 1 aromatic carbocycles. The average Bonchev–Trinajstić information content (AvgIpc) is 2.97. The molecule has 0 spiro atoms. The minimum Gasteiger partial charge on any atom is -0.0794 e. The number of allylic oxidation sites excluding steroid dienone is 1. The summed E-state index contributed by atoms with van der Waals surface area (Å²) in [5.74, 6) is 0. The Morgan fingerprint density at radius 3 is 2.05 bits per heavy atom. The van der Waals surface area contributed by atoms with Crippen LogP contribution < -0.4 is 0 Å². The number of unbranched alkanes of at least 4 members (excludes halogenated alkanes) is 6. The highest BCUT2D eigenvalue weighted by atomic mass is 31.1. The van der Waals surface area contributed by atoms with Crippen LogP contribution in [0.2, 0.25) is 0 Å². The molecule has 1 aromatic rings. The van der Waals surface area contributed by atoms with Crippen LogP contribution in [0.5, 0.6) is 0 Å². The maximum absolute atomic E-state index is 2.53. The van der Waals surface area contributed by atoms with Gasteiger partial charge in [0, 0.05) is 0 Å². The number of hydrogen-bond acceptors (Lipinski definition) is 0. The topological polar surface area (TPSA) is 0 Å². The summed E-state index contributed by atoms with van der Waals surface area (Å²) in [5.41, 5.74) is 3.05. The zero-order valence-corrected chi connectivity index (χ0v) is 15.5. The van der Waals surface area contributed by atoms with E-state index in [1.165, 1.54) is 75.7 Å². The van der Waals surface area contributed by atoms with Gasteiger partial charge < -0.3 is 0 Å². The highest BCUT2D eigenvalue weighted by molar-refractivity contribution is 7.62. The Labute approximate surface area is 139 Å². The van der Waals surface area contributed by atoms with Crippen LogP contribution in [0.15, 0.2) is 29.6 Å². The second-order valence-electron chi connectivity index (χ2n) is 6.62. The normalized spacial score (nSPS) is 13.5. The summed E-state index contributed by atoms with van der Waals surface area (Å²) in [7, 11) is 0.120. The number of fused-ring (bicyclic) bond motifs is 1. The summed E-state index contributed by atoms with van der Waals surface area (Å²) in [6.07, 6.45) is 18.0. The van der Waals surface area contributed by atoms with Gasteiger partial charge in [-0.3, -0.25) is 0 Å². The predicted molar refractivity (Wildman–Crippen MR) is 103 cm³/mol. The van der Waals surface area contributed by atoms with Crippen molar-refractivity contribution in [2.45, 2.75) is 71.6 Å². The van der Waals surface area contributed by atoms with Crippen LogP contribution in [0.3, 0.4) is 0 Å². The molecular formula is C21H33P. The fraction of sp³-hybridized carbons (Fsp3) is 0.619. The third-order valence-electron chi connectivity index (χ3n) is 4.72. The van der Waals surface area contributed by atoms with E-state index >= 15 is 0 Å². The van der Waals surface area contributed by atoms with Crippen molar-refractivity contribution in [2.24, 2.45) is 0 Å². The van der Waals surface area contributed by atoms with Gasteiger partial charge in [-0.05, 0) is 48.0 Å². The van der Waals surface area contributed by atoms with E-state index in [4.69, 9.17) is 0 Å². The van der Waals surface area contributed by atoms with E-state index in [1.807, 2.05) is 0 Å². The molecule has 0 N–H and O–H groups in total. The van der Waals surface area contributed by atoms with Crippen LogP contribution >= 0.6 is 7.92 Å². The van der Waals surface area contributed by atoms with Crippen molar-refractivity contribution in [1.82, 2.24) is 0 Å². The molecule has 0 saturated heterocycles. The van der Waals surface area contributed by atoms with E-state index in [9.17, 15) is 0 Å². The lowest BCUT2D eigenvalue weighted by Gasteiger charge is -2.19. The Morgan fingerprint density at radius 1 is 0.818 bits per heavy atom. The average molecular weight is 316 g/mol. The molecule has 0 aliphatic heterocycles. The first-order valence-corrected chi connectivity index (χ1v) is 11.1. The van der Waals surface area contributed by atoms with Gasteiger partial charge in [0.15, 0.2) is 0 Å². The van der Waals surface area contributed by atoms with Crippen molar-refractivity contribution in [3.05, 3.63) is 40.7 Å². The van der Waals surface area contributed by atoms with Crippen molar-refractivity contribution in [3.8, 4) is 0 Å². The Kier molecular flexibility index (Phi) is 8.24. The van der Waals surface area contributed by atoms with E-state index in [0.29, 0.717) is 0 Å². The molecule has 0 radical (unpaired) electrons. The molecule has 1 heteroatoms. The SMILES string of the molecule is CCCCCCP(CCCCCC)C1=Cc2ccccc2C1. The molecule has 0 heterocycles. The van der Waals surface area contributed by atoms with Crippen LogP contribution in [0, 0.1) is 0 Å². The summed E-state index contributed by atoms with van der Waals surface area (Å²) in [4.78, 5) is 0. The second kappa shape index (κ2) is 10.2. The van der Waals surface area contributed by atoms with Gasteiger partial charge in [-0.2, -0.15) is 0 Å². The first-order chi connectivity index (χ1) is 10.8. The standard InChI is InChI=1S/C21H33P/c1-3-5-7-11-15-22(16-12-8-6-4-2)21-17-19-13-9-10-14-20(19)18-21/h9-10,13-14,17H,3-8,11-12,15-16,18H2,1-2H3. The van der Waals surface area contributed by atoms with Gasteiger partial charge in [-0.25, -0.2) is 0 Å². The molecule has 0 atom stereocenters. The molecule has 0 nitrogen and oxygen atoms in total. The zero-order valence-electron chi connectivity index (χ0n) is 14.6. The maximum Gasteiger partial charge on any atom is -0.00152 e. The zero-order chi connectivity index (χ0) is 15.6. The number of hydrogen-bond donors (Lipinski definition) is 0. The van der Waals surface area contributed by atoms with Gasteiger partial charge >= 0.3 is 0 Å². The molecular weight excluding hydrogens is 283 g/mol. The molecule has 0 bridgehead atoms. The van der Waals surface area contributed by atoms with Crippen molar-refractivity contribution in [3.63, 3.8) is 0 Å². The first-order valence-electron chi connectivity index (χ1n) is 9.38. The van der Waals surface area contributed by atoms with Crippen molar-refractivity contribution >= 4 is 14.0 Å². The molecule has 1 aliphatic rings. The molecule has 0 saturated carbocycles. The van der Waals surface area contributed by atoms with E-state index < -0.39 is 0 Å². The minimum absolute atomic E-state index is 0.120. The summed E-state index contributed by atoms with van der Waals surface area (Å²) in [6, 6.07) is 8.99. The Morgan fingerprint density at radius 2 is 1.45 bits per heavy atom. The fourth-order valence-corrected chi connectivity index (χ4v) is 6.05. The second-order valence-corrected chi connectivity index (χ2v) is 9.17. The smallest absolute Gasteiger partial charge is 0.00152 e. The van der Waals surface area contributed by atoms with E-state index in [1.54, 1.807) is 10.9 Å². The van der Waals surface area contributed by atoms with Crippen molar-refractivity contribution in [2.75, 3.05) is 12.3 Å². The third-order valence-corrected chi connectivity index (χ3v) is 7.53. The highest BCUT2D eigenvalue weighted by Crippen LogP contribution is 2.51. The van der Waals surface area contributed by atoms with Crippen molar-refractivity contribution in [1.29, 1.82) is 0 Å². The van der Waals surface area contributed by atoms with Gasteiger partial charge in [0.1, 0.15) is 0 Å². The molecule has 0 amide bonds. The van der Waals surface area contributed by atoms with Gasteiger partial charge in [0.25, 0.3) is 0 Å². The predicted octanol–water partition coefficient (Wildman–Crippen LogP) is 7.23. The number of benzene rings is 1. The third kappa shape index (κ3) is 5.54. The van der Waals surface area contributed by atoms with E-state index in [-0.39, 0.29) is 7.92 Å². The Bertz CT molecular complexity index is 449. The highest BCUT2D eigenvalue weighted by Gasteiger charge is 2.19. The minimum atomic E-state index is 0.120. The van der Waals surface area contributed by atoms with Crippen LogP contribution in [0.25, 0.3) is 6.08 Å². The van der Waals surface area contributed by atoms with Gasteiger partial charge in [0.2, 0.25) is 0 Å². The lowest BCUT2D eigenvalue weighted by molar-refractivity contribution is 0.696. The molecule has 1 aliphatic carbocycles. The summed E-state index contributed by atoms with van der Waals surface area (Å²) in [5, 5.41) is 1.78.